The predicted octanol–water partition coefficient (Wildman–Crippen LogP) is 3.22. The van der Waals surface area contributed by atoms with Gasteiger partial charge in [0.2, 0.25) is 10.0 Å². The van der Waals surface area contributed by atoms with Crippen LogP contribution in [-0.4, -0.2) is 21.5 Å². The molecule has 0 unspecified atom stereocenters. The number of hydrogen-bond donors (Lipinski definition) is 2. The zero-order chi connectivity index (χ0) is 15.5. The van der Waals surface area contributed by atoms with E-state index in [-0.39, 0.29) is 0 Å². The molecule has 0 heterocycles. The maximum absolute atomic E-state index is 12.1. The summed E-state index contributed by atoms with van der Waals surface area (Å²) < 4.78 is 26.5. The fraction of sp³-hybridized carbons (Fsp3) is 0.625. The highest BCUT2D eigenvalue weighted by Gasteiger charge is 2.24. The molecule has 1 fully saturated rings. The molecule has 21 heavy (non-hydrogen) atoms. The van der Waals surface area contributed by atoms with Crippen LogP contribution >= 0.6 is 0 Å². The molecule has 2 N–H and O–H groups in total. The molecule has 0 radical (unpaired) electrons. The van der Waals surface area contributed by atoms with Crippen LogP contribution in [0, 0.1) is 11.8 Å². The van der Waals surface area contributed by atoms with Crippen molar-refractivity contribution in [3.8, 4) is 0 Å². The van der Waals surface area contributed by atoms with Crippen molar-refractivity contribution in [3.63, 3.8) is 0 Å². The Balaban J connectivity index is 2.08. The molecule has 4 nitrogen and oxygen atoms in total. The first kappa shape index (κ1) is 16.3. The van der Waals surface area contributed by atoms with Gasteiger partial charge in [0.1, 0.15) is 4.90 Å². The van der Waals surface area contributed by atoms with Crippen molar-refractivity contribution in [2.45, 2.75) is 50.5 Å². The average molecular weight is 310 g/mol. The topological polar surface area (TPSA) is 58.2 Å². The Labute approximate surface area is 128 Å². The molecule has 1 aliphatic carbocycles. The number of rotatable bonds is 5. The van der Waals surface area contributed by atoms with E-state index < -0.39 is 10.0 Å². The molecular weight excluding hydrogens is 284 g/mol. The maximum Gasteiger partial charge on any atom is 0.242 e. The normalized spacial score (nSPS) is 23.2. The van der Waals surface area contributed by atoms with Crippen LogP contribution in [0.15, 0.2) is 29.2 Å². The van der Waals surface area contributed by atoms with Gasteiger partial charge in [-0.2, -0.15) is 0 Å². The standard InChI is InChI=1S/C16H26N2O2S/c1-12(2)13-8-10-14(11-9-13)18-15-6-4-5-7-16(15)21(19,20)17-3/h4-7,12-14,17-18H,8-11H2,1-3H3. The third kappa shape index (κ3) is 3.98. The number of para-hydroxylation sites is 1. The van der Waals surface area contributed by atoms with E-state index in [0.717, 1.165) is 24.7 Å². The summed E-state index contributed by atoms with van der Waals surface area (Å²) in [5.41, 5.74) is 0.708. The Morgan fingerprint density at radius 3 is 2.29 bits per heavy atom. The second-order valence-electron chi connectivity index (χ2n) is 6.20. The molecule has 1 aliphatic rings. The summed E-state index contributed by atoms with van der Waals surface area (Å²) in [5.74, 6) is 1.54. The summed E-state index contributed by atoms with van der Waals surface area (Å²) >= 11 is 0. The van der Waals surface area contributed by atoms with E-state index >= 15 is 0 Å². The van der Waals surface area contributed by atoms with E-state index in [0.29, 0.717) is 16.6 Å². The van der Waals surface area contributed by atoms with Crippen LogP contribution in [0.3, 0.4) is 0 Å². The molecular formula is C16H26N2O2S. The third-order valence-electron chi connectivity index (χ3n) is 4.52. The lowest BCUT2D eigenvalue weighted by Crippen LogP contribution is -2.29. The molecule has 1 saturated carbocycles. The average Bonchev–Trinajstić information content (AvgIpc) is 2.48. The lowest BCUT2D eigenvalue weighted by molar-refractivity contribution is 0.267. The van der Waals surface area contributed by atoms with Gasteiger partial charge in [-0.25, -0.2) is 13.1 Å². The van der Waals surface area contributed by atoms with Crippen molar-refractivity contribution in [1.82, 2.24) is 4.72 Å². The zero-order valence-electron chi connectivity index (χ0n) is 13.1. The Morgan fingerprint density at radius 1 is 1.10 bits per heavy atom. The summed E-state index contributed by atoms with van der Waals surface area (Å²) in [7, 11) is -1.97. The van der Waals surface area contributed by atoms with Crippen molar-refractivity contribution in [3.05, 3.63) is 24.3 Å². The number of nitrogens with one attached hydrogen (secondary N) is 2. The third-order valence-corrected chi connectivity index (χ3v) is 5.99. The van der Waals surface area contributed by atoms with Crippen molar-refractivity contribution >= 4 is 15.7 Å². The highest BCUT2D eigenvalue weighted by molar-refractivity contribution is 7.89. The molecule has 1 aromatic carbocycles. The van der Waals surface area contributed by atoms with Crippen LogP contribution in [0.4, 0.5) is 5.69 Å². The zero-order valence-corrected chi connectivity index (χ0v) is 13.9. The molecule has 0 aliphatic heterocycles. The lowest BCUT2D eigenvalue weighted by Gasteiger charge is -2.32. The van der Waals surface area contributed by atoms with Crippen molar-refractivity contribution in [2.75, 3.05) is 12.4 Å². The monoisotopic (exact) mass is 310 g/mol. The fourth-order valence-corrected chi connectivity index (χ4v) is 3.97. The summed E-state index contributed by atoms with van der Waals surface area (Å²) in [6, 6.07) is 7.49. The van der Waals surface area contributed by atoms with Crippen LogP contribution < -0.4 is 10.0 Å². The van der Waals surface area contributed by atoms with E-state index in [2.05, 4.69) is 23.9 Å². The Kier molecular flexibility index (Phi) is 5.27. The van der Waals surface area contributed by atoms with Crippen LogP contribution in [-0.2, 0) is 10.0 Å². The second-order valence-corrected chi connectivity index (χ2v) is 8.06. The summed E-state index contributed by atoms with van der Waals surface area (Å²) in [4.78, 5) is 0.332. The summed E-state index contributed by atoms with van der Waals surface area (Å²) in [6.07, 6.45) is 4.65. The molecule has 1 aromatic rings. The van der Waals surface area contributed by atoms with Gasteiger partial charge in [-0.3, -0.25) is 0 Å². The first-order valence-corrected chi connectivity index (χ1v) is 9.21. The van der Waals surface area contributed by atoms with Crippen molar-refractivity contribution < 1.29 is 8.42 Å². The second kappa shape index (κ2) is 6.79. The fourth-order valence-electron chi connectivity index (χ4n) is 3.08. The lowest BCUT2D eigenvalue weighted by atomic mass is 9.79. The molecule has 0 spiro atoms. The van der Waals surface area contributed by atoms with Crippen LogP contribution in [0.25, 0.3) is 0 Å². The van der Waals surface area contributed by atoms with E-state index in [4.69, 9.17) is 0 Å². The molecule has 118 valence electrons. The molecule has 0 bridgehead atoms. The summed E-state index contributed by atoms with van der Waals surface area (Å²) in [6.45, 7) is 4.57. The first-order valence-electron chi connectivity index (χ1n) is 7.73. The largest absolute Gasteiger partial charge is 0.381 e. The van der Waals surface area contributed by atoms with Crippen LogP contribution in [0.1, 0.15) is 39.5 Å². The SMILES string of the molecule is CNS(=O)(=O)c1ccccc1NC1CCC(C(C)C)CC1. The molecule has 0 saturated heterocycles. The minimum Gasteiger partial charge on any atom is -0.381 e. The van der Waals surface area contributed by atoms with Crippen LogP contribution in [0.5, 0.6) is 0 Å². The van der Waals surface area contributed by atoms with Gasteiger partial charge in [-0.1, -0.05) is 26.0 Å². The molecule has 0 amide bonds. The van der Waals surface area contributed by atoms with Crippen molar-refractivity contribution in [2.24, 2.45) is 11.8 Å². The van der Waals surface area contributed by atoms with E-state index in [1.165, 1.54) is 19.9 Å². The van der Waals surface area contributed by atoms with Gasteiger partial charge < -0.3 is 5.32 Å². The number of hydrogen-bond acceptors (Lipinski definition) is 3. The Hall–Kier alpha value is -1.07. The molecule has 0 atom stereocenters. The van der Waals surface area contributed by atoms with Gasteiger partial charge in [-0.15, -0.1) is 0 Å². The van der Waals surface area contributed by atoms with Gasteiger partial charge in [0.25, 0.3) is 0 Å². The minimum absolute atomic E-state index is 0.332. The maximum atomic E-state index is 12.1. The first-order chi connectivity index (χ1) is 9.94. The number of anilines is 1. The van der Waals surface area contributed by atoms with E-state index in [1.54, 1.807) is 12.1 Å². The van der Waals surface area contributed by atoms with E-state index in [9.17, 15) is 8.42 Å². The predicted molar refractivity (Wildman–Crippen MR) is 86.9 cm³/mol. The minimum atomic E-state index is -3.42. The molecule has 5 heteroatoms. The Morgan fingerprint density at radius 2 is 1.71 bits per heavy atom. The van der Waals surface area contributed by atoms with Gasteiger partial charge in [0, 0.05) is 6.04 Å². The smallest absolute Gasteiger partial charge is 0.242 e. The summed E-state index contributed by atoms with van der Waals surface area (Å²) in [5, 5.41) is 3.43. The quantitative estimate of drug-likeness (QED) is 0.878. The van der Waals surface area contributed by atoms with E-state index in [1.807, 2.05) is 12.1 Å². The molecule has 2 rings (SSSR count). The highest BCUT2D eigenvalue weighted by Crippen LogP contribution is 2.32. The van der Waals surface area contributed by atoms with Gasteiger partial charge in [0.15, 0.2) is 0 Å². The van der Waals surface area contributed by atoms with Crippen molar-refractivity contribution in [1.29, 1.82) is 0 Å². The number of benzene rings is 1. The highest BCUT2D eigenvalue weighted by atomic mass is 32.2. The van der Waals surface area contributed by atoms with Gasteiger partial charge >= 0.3 is 0 Å². The number of sulfonamides is 1. The molecule has 0 aromatic heterocycles. The Bertz CT molecular complexity index is 561. The van der Waals surface area contributed by atoms with Gasteiger partial charge in [-0.05, 0) is 56.7 Å². The van der Waals surface area contributed by atoms with Crippen LogP contribution in [0.2, 0.25) is 0 Å². The van der Waals surface area contributed by atoms with Gasteiger partial charge in [0.05, 0.1) is 5.69 Å².